The number of halogens is 1. The third-order valence-electron chi connectivity index (χ3n) is 2.06. The lowest BCUT2D eigenvalue weighted by molar-refractivity contribution is 0.547. The maximum absolute atomic E-state index is 5.80. The van der Waals surface area contributed by atoms with Gasteiger partial charge >= 0.3 is 0 Å². The van der Waals surface area contributed by atoms with Gasteiger partial charge in [-0.1, -0.05) is 32.4 Å². The SMILES string of the molecule is CC(C)(C)c1nc(Sc2cc(Cl)nc(N)n2)n[nH]1. The van der Waals surface area contributed by atoms with Gasteiger partial charge < -0.3 is 5.73 Å². The molecule has 0 fully saturated rings. The molecule has 0 aliphatic carbocycles. The molecule has 0 radical (unpaired) electrons. The molecule has 0 aromatic carbocycles. The van der Waals surface area contributed by atoms with Crippen molar-refractivity contribution in [1.82, 2.24) is 25.1 Å². The second-order valence-corrected chi connectivity index (χ2v) is 6.08. The fourth-order valence-corrected chi connectivity index (χ4v) is 2.17. The van der Waals surface area contributed by atoms with Crippen LogP contribution >= 0.6 is 23.4 Å². The second kappa shape index (κ2) is 4.74. The molecule has 0 saturated carbocycles. The Morgan fingerprint density at radius 3 is 2.56 bits per heavy atom. The molecular formula is C10H13ClN6S. The maximum atomic E-state index is 5.80. The van der Waals surface area contributed by atoms with Gasteiger partial charge in [-0.15, -0.1) is 5.10 Å². The number of aromatic nitrogens is 5. The molecule has 0 amide bonds. The number of hydrogen-bond acceptors (Lipinski definition) is 6. The number of aromatic amines is 1. The van der Waals surface area contributed by atoms with E-state index in [-0.39, 0.29) is 11.4 Å². The van der Waals surface area contributed by atoms with Gasteiger partial charge in [0, 0.05) is 11.5 Å². The smallest absolute Gasteiger partial charge is 0.222 e. The zero-order valence-electron chi connectivity index (χ0n) is 10.2. The van der Waals surface area contributed by atoms with Crippen molar-refractivity contribution in [3.63, 3.8) is 0 Å². The van der Waals surface area contributed by atoms with Crippen LogP contribution in [0.5, 0.6) is 0 Å². The minimum Gasteiger partial charge on any atom is -0.368 e. The predicted molar refractivity (Wildman–Crippen MR) is 70.7 cm³/mol. The van der Waals surface area contributed by atoms with Gasteiger partial charge in [-0.2, -0.15) is 0 Å². The Balaban J connectivity index is 2.21. The van der Waals surface area contributed by atoms with E-state index in [0.29, 0.717) is 15.3 Å². The van der Waals surface area contributed by atoms with Gasteiger partial charge in [0.15, 0.2) is 0 Å². The van der Waals surface area contributed by atoms with Crippen LogP contribution < -0.4 is 5.73 Å². The minimum atomic E-state index is -0.0752. The van der Waals surface area contributed by atoms with Crippen molar-refractivity contribution in [2.75, 3.05) is 5.73 Å². The molecule has 2 aromatic heterocycles. The summed E-state index contributed by atoms with van der Waals surface area (Å²) < 4.78 is 0. The van der Waals surface area contributed by atoms with E-state index in [1.165, 1.54) is 11.8 Å². The highest BCUT2D eigenvalue weighted by molar-refractivity contribution is 7.99. The summed E-state index contributed by atoms with van der Waals surface area (Å²) in [5.74, 6) is 0.953. The van der Waals surface area contributed by atoms with Gasteiger partial charge in [-0.3, -0.25) is 5.10 Å². The molecule has 0 aliphatic heterocycles. The Morgan fingerprint density at radius 2 is 2.00 bits per heavy atom. The van der Waals surface area contributed by atoms with Gasteiger partial charge in [0.05, 0.1) is 0 Å². The molecule has 0 bridgehead atoms. The van der Waals surface area contributed by atoms with Crippen LogP contribution in [0.3, 0.4) is 0 Å². The molecule has 2 rings (SSSR count). The molecule has 2 heterocycles. The van der Waals surface area contributed by atoms with E-state index >= 15 is 0 Å². The average molecular weight is 285 g/mol. The molecule has 0 saturated heterocycles. The highest BCUT2D eigenvalue weighted by atomic mass is 35.5. The lowest BCUT2D eigenvalue weighted by atomic mass is 9.96. The molecule has 6 nitrogen and oxygen atoms in total. The highest BCUT2D eigenvalue weighted by Gasteiger charge is 2.19. The van der Waals surface area contributed by atoms with Crippen molar-refractivity contribution in [2.45, 2.75) is 36.4 Å². The first-order valence-electron chi connectivity index (χ1n) is 5.25. The van der Waals surface area contributed by atoms with E-state index in [1.54, 1.807) is 6.07 Å². The molecule has 8 heteroatoms. The van der Waals surface area contributed by atoms with Crippen molar-refractivity contribution < 1.29 is 0 Å². The molecule has 0 unspecified atom stereocenters. The van der Waals surface area contributed by atoms with Gasteiger partial charge in [0.2, 0.25) is 11.1 Å². The number of anilines is 1. The largest absolute Gasteiger partial charge is 0.368 e. The van der Waals surface area contributed by atoms with Crippen LogP contribution in [0.4, 0.5) is 5.95 Å². The lowest BCUT2D eigenvalue weighted by Gasteiger charge is -2.12. The summed E-state index contributed by atoms with van der Waals surface area (Å²) in [6.07, 6.45) is 0. The molecule has 0 atom stereocenters. The zero-order chi connectivity index (χ0) is 13.3. The number of hydrogen-bond donors (Lipinski definition) is 2. The Hall–Kier alpha value is -1.34. The normalized spacial score (nSPS) is 11.8. The summed E-state index contributed by atoms with van der Waals surface area (Å²) in [6.45, 7) is 6.17. The summed E-state index contributed by atoms with van der Waals surface area (Å²) in [4.78, 5) is 12.2. The molecule has 18 heavy (non-hydrogen) atoms. The third-order valence-corrected chi connectivity index (χ3v) is 3.04. The van der Waals surface area contributed by atoms with E-state index < -0.39 is 0 Å². The Labute approximate surface area is 114 Å². The maximum Gasteiger partial charge on any atom is 0.222 e. The van der Waals surface area contributed by atoms with Crippen LogP contribution in [0, 0.1) is 0 Å². The molecule has 0 spiro atoms. The minimum absolute atomic E-state index is 0.0752. The first-order valence-corrected chi connectivity index (χ1v) is 6.45. The number of nitrogens with zero attached hydrogens (tertiary/aromatic N) is 4. The Kier molecular flexibility index (Phi) is 3.45. The zero-order valence-corrected chi connectivity index (χ0v) is 11.8. The number of nitrogens with two attached hydrogens (primary N) is 1. The van der Waals surface area contributed by atoms with E-state index in [0.717, 1.165) is 5.82 Å². The van der Waals surface area contributed by atoms with E-state index in [9.17, 15) is 0 Å². The van der Waals surface area contributed by atoms with Crippen LogP contribution in [0.1, 0.15) is 26.6 Å². The van der Waals surface area contributed by atoms with E-state index in [1.807, 2.05) is 0 Å². The Morgan fingerprint density at radius 1 is 1.28 bits per heavy atom. The van der Waals surface area contributed by atoms with E-state index in [2.05, 4.69) is 45.9 Å². The summed E-state index contributed by atoms with van der Waals surface area (Å²) in [5, 5.41) is 8.52. The molecular weight excluding hydrogens is 272 g/mol. The van der Waals surface area contributed by atoms with Crippen LogP contribution in [0.25, 0.3) is 0 Å². The third kappa shape index (κ3) is 3.11. The number of nitrogen functional groups attached to an aromatic ring is 1. The molecule has 3 N–H and O–H groups in total. The van der Waals surface area contributed by atoms with Crippen LogP contribution in [-0.2, 0) is 5.41 Å². The van der Waals surface area contributed by atoms with Crippen LogP contribution in [-0.4, -0.2) is 25.1 Å². The number of rotatable bonds is 2. The Bertz CT molecular complexity index is 541. The van der Waals surface area contributed by atoms with Crippen molar-refractivity contribution >= 4 is 29.3 Å². The molecule has 96 valence electrons. The van der Waals surface area contributed by atoms with Crippen LogP contribution in [0.2, 0.25) is 5.15 Å². The van der Waals surface area contributed by atoms with Gasteiger partial charge in [0.1, 0.15) is 16.0 Å². The lowest BCUT2D eigenvalue weighted by Crippen LogP contribution is -2.13. The first-order chi connectivity index (χ1) is 8.34. The fraction of sp³-hybridized carbons (Fsp3) is 0.400. The van der Waals surface area contributed by atoms with Gasteiger partial charge in [-0.05, 0) is 11.8 Å². The quantitative estimate of drug-likeness (QED) is 0.822. The van der Waals surface area contributed by atoms with Crippen molar-refractivity contribution in [3.05, 3.63) is 17.0 Å². The van der Waals surface area contributed by atoms with Gasteiger partial charge in [-0.25, -0.2) is 15.0 Å². The summed E-state index contributed by atoms with van der Waals surface area (Å²) >= 11 is 7.08. The van der Waals surface area contributed by atoms with Crippen LogP contribution in [0.15, 0.2) is 16.2 Å². The van der Waals surface area contributed by atoms with Gasteiger partial charge in [0.25, 0.3) is 0 Å². The van der Waals surface area contributed by atoms with Crippen molar-refractivity contribution in [2.24, 2.45) is 0 Å². The molecule has 2 aromatic rings. The summed E-state index contributed by atoms with van der Waals surface area (Å²) in [6, 6.07) is 1.62. The fourth-order valence-electron chi connectivity index (χ4n) is 1.19. The highest BCUT2D eigenvalue weighted by Crippen LogP contribution is 2.27. The standard InChI is InChI=1S/C10H13ClN6S/c1-10(2,3)7-15-9(17-16-7)18-6-4-5(11)13-8(12)14-6/h4H,1-3H3,(H2,12,13,14)(H,15,16,17). The number of nitrogens with one attached hydrogen (secondary N) is 1. The summed E-state index contributed by atoms with van der Waals surface area (Å²) in [7, 11) is 0. The van der Waals surface area contributed by atoms with E-state index in [4.69, 9.17) is 17.3 Å². The summed E-state index contributed by atoms with van der Waals surface area (Å²) in [5.41, 5.74) is 5.44. The predicted octanol–water partition coefficient (Wildman–Crippen LogP) is 2.28. The average Bonchev–Trinajstić information content (AvgIpc) is 2.63. The second-order valence-electron chi connectivity index (χ2n) is 4.71. The topological polar surface area (TPSA) is 93.4 Å². The van der Waals surface area contributed by atoms with Crippen molar-refractivity contribution in [1.29, 1.82) is 0 Å². The number of H-pyrrole nitrogens is 1. The molecule has 0 aliphatic rings. The monoisotopic (exact) mass is 284 g/mol. The first kappa shape index (κ1) is 13.1. The van der Waals surface area contributed by atoms with Crippen molar-refractivity contribution in [3.8, 4) is 0 Å².